The zero-order chi connectivity index (χ0) is 17.6. The highest BCUT2D eigenvalue weighted by Gasteiger charge is 2.36. The number of hydrogen-bond acceptors (Lipinski definition) is 4. The van der Waals surface area contributed by atoms with E-state index in [0.717, 1.165) is 37.6 Å². The molecule has 0 bridgehead atoms. The number of nitrogens with zero attached hydrogens (tertiary/aromatic N) is 5. The molecule has 2 aliphatic carbocycles. The summed E-state index contributed by atoms with van der Waals surface area (Å²) in [6.07, 6.45) is -0.0197. The normalized spacial score (nSPS) is 19.4. The first kappa shape index (κ1) is 16.5. The molecular formula is C17H20F3N5. The minimum atomic E-state index is -4.32. The van der Waals surface area contributed by atoms with Crippen molar-refractivity contribution in [2.75, 3.05) is 0 Å². The molecule has 134 valence electrons. The third-order valence-electron chi connectivity index (χ3n) is 4.99. The van der Waals surface area contributed by atoms with Crippen molar-refractivity contribution >= 4 is 0 Å². The predicted molar refractivity (Wildman–Crippen MR) is 84.5 cm³/mol. The molecule has 5 nitrogen and oxygen atoms in total. The SMILES string of the molecule is C[C@H](c1cccc(C(F)(F)F)c1)N(Cc1nnnn1C1CC1)C1CC1. The van der Waals surface area contributed by atoms with Gasteiger partial charge in [0.25, 0.3) is 0 Å². The molecule has 1 heterocycles. The summed E-state index contributed by atoms with van der Waals surface area (Å²) >= 11 is 0. The van der Waals surface area contributed by atoms with E-state index in [1.54, 1.807) is 6.07 Å². The van der Waals surface area contributed by atoms with Crippen molar-refractivity contribution in [1.29, 1.82) is 0 Å². The average molecular weight is 351 g/mol. The number of rotatable bonds is 6. The molecule has 0 saturated heterocycles. The fourth-order valence-corrected chi connectivity index (χ4v) is 3.24. The Kier molecular flexibility index (Phi) is 4.02. The Morgan fingerprint density at radius 2 is 2.00 bits per heavy atom. The van der Waals surface area contributed by atoms with E-state index in [-0.39, 0.29) is 6.04 Å². The number of aromatic nitrogens is 4. The molecule has 1 aromatic heterocycles. The van der Waals surface area contributed by atoms with Gasteiger partial charge in [-0.3, -0.25) is 4.90 Å². The largest absolute Gasteiger partial charge is 0.416 e. The monoisotopic (exact) mass is 351 g/mol. The van der Waals surface area contributed by atoms with Crippen molar-refractivity contribution in [2.45, 2.75) is 63.5 Å². The van der Waals surface area contributed by atoms with E-state index >= 15 is 0 Å². The van der Waals surface area contributed by atoms with Crippen molar-refractivity contribution in [1.82, 2.24) is 25.1 Å². The molecule has 0 aliphatic heterocycles. The van der Waals surface area contributed by atoms with Gasteiger partial charge in [0.05, 0.1) is 18.2 Å². The van der Waals surface area contributed by atoms with Crippen molar-refractivity contribution in [3.8, 4) is 0 Å². The summed E-state index contributed by atoms with van der Waals surface area (Å²) in [7, 11) is 0. The molecule has 0 radical (unpaired) electrons. The molecule has 2 aromatic rings. The minimum absolute atomic E-state index is 0.126. The van der Waals surface area contributed by atoms with Crippen molar-refractivity contribution in [3.63, 3.8) is 0 Å². The summed E-state index contributed by atoms with van der Waals surface area (Å²) in [5.74, 6) is 0.799. The summed E-state index contributed by atoms with van der Waals surface area (Å²) in [6, 6.07) is 6.26. The summed E-state index contributed by atoms with van der Waals surface area (Å²) in [6.45, 7) is 2.52. The average Bonchev–Trinajstić information content (AvgIpc) is 3.51. The first-order chi connectivity index (χ1) is 11.9. The maximum Gasteiger partial charge on any atom is 0.416 e. The van der Waals surface area contributed by atoms with Crippen LogP contribution >= 0.6 is 0 Å². The molecule has 1 atom stereocenters. The zero-order valence-electron chi connectivity index (χ0n) is 13.9. The molecule has 8 heteroatoms. The Morgan fingerprint density at radius 1 is 1.24 bits per heavy atom. The van der Waals surface area contributed by atoms with Crippen LogP contribution in [0.4, 0.5) is 13.2 Å². The van der Waals surface area contributed by atoms with Crippen molar-refractivity contribution in [2.24, 2.45) is 0 Å². The number of tetrazole rings is 1. The number of hydrogen-bond donors (Lipinski definition) is 0. The Balaban J connectivity index is 1.57. The number of benzene rings is 1. The van der Waals surface area contributed by atoms with E-state index < -0.39 is 11.7 Å². The highest BCUT2D eigenvalue weighted by molar-refractivity contribution is 5.28. The third-order valence-corrected chi connectivity index (χ3v) is 4.99. The van der Waals surface area contributed by atoms with E-state index in [9.17, 15) is 13.2 Å². The van der Waals surface area contributed by atoms with Crippen LogP contribution in [-0.2, 0) is 12.7 Å². The predicted octanol–water partition coefficient (Wildman–Crippen LogP) is 3.75. The van der Waals surface area contributed by atoms with Crippen molar-refractivity contribution in [3.05, 3.63) is 41.2 Å². The second-order valence-corrected chi connectivity index (χ2v) is 6.97. The smallest absolute Gasteiger partial charge is 0.286 e. The summed E-state index contributed by atoms with van der Waals surface area (Å²) in [5.41, 5.74) is 0.0718. The second kappa shape index (κ2) is 6.09. The Labute approximate surface area is 143 Å². The molecular weight excluding hydrogens is 331 g/mol. The lowest BCUT2D eigenvalue weighted by molar-refractivity contribution is -0.137. The molecule has 2 aliphatic rings. The van der Waals surface area contributed by atoms with Gasteiger partial charge < -0.3 is 0 Å². The van der Waals surface area contributed by atoms with Crippen LogP contribution in [0.25, 0.3) is 0 Å². The van der Waals surface area contributed by atoms with Gasteiger partial charge in [0.1, 0.15) is 0 Å². The molecule has 4 rings (SSSR count). The fourth-order valence-electron chi connectivity index (χ4n) is 3.24. The van der Waals surface area contributed by atoms with Gasteiger partial charge in [-0.1, -0.05) is 12.1 Å². The van der Waals surface area contributed by atoms with Crippen LogP contribution in [-0.4, -0.2) is 31.1 Å². The Hall–Kier alpha value is -1.96. The maximum absolute atomic E-state index is 13.0. The molecule has 2 saturated carbocycles. The van der Waals surface area contributed by atoms with Gasteiger partial charge in [0.2, 0.25) is 0 Å². The molecule has 0 spiro atoms. The lowest BCUT2D eigenvalue weighted by atomic mass is 10.0. The summed E-state index contributed by atoms with van der Waals surface area (Å²) < 4.78 is 40.9. The zero-order valence-corrected chi connectivity index (χ0v) is 13.9. The first-order valence-electron chi connectivity index (χ1n) is 8.63. The number of halogens is 3. The standard InChI is InChI=1S/C17H20F3N5/c1-11(12-3-2-4-13(9-12)17(18,19)20)24(14-5-6-14)10-16-21-22-23-25(16)15-7-8-15/h2-4,9,11,14-15H,5-8,10H2,1H3/t11-/m1/s1. The van der Waals surface area contributed by atoms with E-state index in [0.29, 0.717) is 24.2 Å². The Morgan fingerprint density at radius 3 is 2.64 bits per heavy atom. The maximum atomic E-state index is 13.0. The van der Waals surface area contributed by atoms with E-state index in [2.05, 4.69) is 20.4 Å². The lowest BCUT2D eigenvalue weighted by Gasteiger charge is -2.29. The highest BCUT2D eigenvalue weighted by Crippen LogP contribution is 2.39. The van der Waals surface area contributed by atoms with Crippen LogP contribution in [0, 0.1) is 0 Å². The fraction of sp³-hybridized carbons (Fsp3) is 0.588. The van der Waals surface area contributed by atoms with Crippen LogP contribution in [0.15, 0.2) is 24.3 Å². The Bertz CT molecular complexity index is 749. The summed E-state index contributed by atoms with van der Waals surface area (Å²) in [5, 5.41) is 12.0. The van der Waals surface area contributed by atoms with Crippen molar-refractivity contribution < 1.29 is 13.2 Å². The topological polar surface area (TPSA) is 46.8 Å². The molecule has 1 aromatic carbocycles. The first-order valence-corrected chi connectivity index (χ1v) is 8.63. The van der Waals surface area contributed by atoms with Gasteiger partial charge in [-0.2, -0.15) is 13.2 Å². The minimum Gasteiger partial charge on any atom is -0.286 e. The van der Waals surface area contributed by atoms with Gasteiger partial charge in [-0.25, -0.2) is 4.68 Å². The van der Waals surface area contributed by atoms with E-state index in [1.165, 1.54) is 12.1 Å². The van der Waals surface area contributed by atoms with E-state index in [1.807, 2.05) is 11.6 Å². The van der Waals surface area contributed by atoms with Gasteiger partial charge >= 0.3 is 6.18 Å². The molecule has 25 heavy (non-hydrogen) atoms. The molecule has 0 unspecified atom stereocenters. The van der Waals surface area contributed by atoms with Crippen LogP contribution < -0.4 is 0 Å². The lowest BCUT2D eigenvalue weighted by Crippen LogP contribution is -2.30. The van der Waals surface area contributed by atoms with Crippen LogP contribution in [0.1, 0.15) is 61.6 Å². The quantitative estimate of drug-likeness (QED) is 0.795. The molecule has 0 amide bonds. The van der Waals surface area contributed by atoms with Gasteiger partial charge in [-0.05, 0) is 60.7 Å². The summed E-state index contributed by atoms with van der Waals surface area (Å²) in [4.78, 5) is 2.22. The van der Waals surface area contributed by atoms with Gasteiger partial charge in [0.15, 0.2) is 5.82 Å². The van der Waals surface area contributed by atoms with Gasteiger partial charge in [0, 0.05) is 12.1 Å². The van der Waals surface area contributed by atoms with Crippen LogP contribution in [0.5, 0.6) is 0 Å². The van der Waals surface area contributed by atoms with Gasteiger partial charge in [-0.15, -0.1) is 5.10 Å². The number of alkyl halides is 3. The third kappa shape index (κ3) is 3.53. The van der Waals surface area contributed by atoms with Crippen LogP contribution in [0.2, 0.25) is 0 Å². The second-order valence-electron chi connectivity index (χ2n) is 6.97. The van der Waals surface area contributed by atoms with Crippen LogP contribution in [0.3, 0.4) is 0 Å². The molecule has 2 fully saturated rings. The molecule has 0 N–H and O–H groups in total. The van der Waals surface area contributed by atoms with E-state index in [4.69, 9.17) is 0 Å². The highest BCUT2D eigenvalue weighted by atomic mass is 19.4.